The number of furan rings is 1. The third-order valence-electron chi connectivity index (χ3n) is 2.76. The van der Waals surface area contributed by atoms with Gasteiger partial charge in [-0.1, -0.05) is 0 Å². The number of hydrogen-bond acceptors (Lipinski definition) is 3. The highest BCUT2D eigenvalue weighted by atomic mass is 35.5. The van der Waals surface area contributed by atoms with Gasteiger partial charge in [0, 0.05) is 24.6 Å². The number of carbonyl (C=O) groups is 1. The molecule has 0 aromatic carbocycles. The Morgan fingerprint density at radius 2 is 2.00 bits per heavy atom. The fraction of sp³-hybridized carbons (Fsp3) is 0.615. The molecule has 0 saturated heterocycles. The number of aryl methyl sites for hydroxylation is 2. The SMILES string of the molecule is Cc1oc(C)c(C(=O)NCCCOCCCl)c1C. The Morgan fingerprint density at radius 1 is 1.28 bits per heavy atom. The lowest BCUT2D eigenvalue weighted by atomic mass is 10.1. The van der Waals surface area contributed by atoms with E-state index in [1.165, 1.54) is 0 Å². The van der Waals surface area contributed by atoms with Crippen molar-refractivity contribution in [1.29, 1.82) is 0 Å². The minimum atomic E-state index is -0.0841. The summed E-state index contributed by atoms with van der Waals surface area (Å²) in [7, 11) is 0. The largest absolute Gasteiger partial charge is 0.466 e. The molecule has 4 nitrogen and oxygen atoms in total. The van der Waals surface area contributed by atoms with Crippen molar-refractivity contribution in [2.75, 3.05) is 25.6 Å². The first-order chi connectivity index (χ1) is 8.57. The van der Waals surface area contributed by atoms with Gasteiger partial charge in [0.1, 0.15) is 11.5 Å². The molecule has 5 heteroatoms. The minimum Gasteiger partial charge on any atom is -0.466 e. The quantitative estimate of drug-likeness (QED) is 0.614. The fourth-order valence-corrected chi connectivity index (χ4v) is 1.86. The molecule has 0 bridgehead atoms. The van der Waals surface area contributed by atoms with E-state index < -0.39 is 0 Å². The Balaban J connectivity index is 2.37. The Bertz CT molecular complexity index is 401. The first kappa shape index (κ1) is 15.1. The van der Waals surface area contributed by atoms with Crippen molar-refractivity contribution >= 4 is 17.5 Å². The van der Waals surface area contributed by atoms with E-state index in [9.17, 15) is 4.79 Å². The maximum atomic E-state index is 12.0. The molecule has 102 valence electrons. The number of ether oxygens (including phenoxy) is 1. The molecule has 1 amide bonds. The molecule has 18 heavy (non-hydrogen) atoms. The highest BCUT2D eigenvalue weighted by Gasteiger charge is 2.17. The van der Waals surface area contributed by atoms with Crippen LogP contribution >= 0.6 is 11.6 Å². The van der Waals surface area contributed by atoms with E-state index in [0.717, 1.165) is 17.7 Å². The van der Waals surface area contributed by atoms with E-state index in [-0.39, 0.29) is 5.91 Å². The Labute approximate surface area is 113 Å². The Hall–Kier alpha value is -1.00. The molecule has 0 aliphatic heterocycles. The summed E-state index contributed by atoms with van der Waals surface area (Å²) < 4.78 is 10.6. The number of alkyl halides is 1. The van der Waals surface area contributed by atoms with Gasteiger partial charge >= 0.3 is 0 Å². The van der Waals surface area contributed by atoms with Crippen molar-refractivity contribution in [3.05, 3.63) is 22.6 Å². The van der Waals surface area contributed by atoms with Crippen LogP contribution in [-0.4, -0.2) is 31.5 Å². The Kier molecular flexibility index (Phi) is 6.22. The molecule has 1 heterocycles. The van der Waals surface area contributed by atoms with Crippen molar-refractivity contribution in [3.63, 3.8) is 0 Å². The van der Waals surface area contributed by atoms with Crippen LogP contribution in [0.3, 0.4) is 0 Å². The first-order valence-electron chi connectivity index (χ1n) is 6.06. The summed E-state index contributed by atoms with van der Waals surface area (Å²) in [6, 6.07) is 0. The molecule has 1 aromatic rings. The van der Waals surface area contributed by atoms with Gasteiger partial charge in [0.2, 0.25) is 0 Å². The van der Waals surface area contributed by atoms with Gasteiger partial charge in [0.15, 0.2) is 0 Å². The van der Waals surface area contributed by atoms with Gasteiger partial charge in [-0.05, 0) is 27.2 Å². The van der Waals surface area contributed by atoms with E-state index in [0.29, 0.717) is 37.0 Å². The van der Waals surface area contributed by atoms with Crippen molar-refractivity contribution in [2.24, 2.45) is 0 Å². The van der Waals surface area contributed by atoms with Gasteiger partial charge in [-0.2, -0.15) is 0 Å². The second kappa shape index (κ2) is 7.44. The van der Waals surface area contributed by atoms with E-state index in [4.69, 9.17) is 20.8 Å². The summed E-state index contributed by atoms with van der Waals surface area (Å²) in [6.07, 6.45) is 0.775. The maximum Gasteiger partial charge on any atom is 0.255 e. The van der Waals surface area contributed by atoms with Gasteiger partial charge in [-0.25, -0.2) is 0 Å². The summed E-state index contributed by atoms with van der Waals surface area (Å²) in [5.41, 5.74) is 1.55. The number of rotatable bonds is 7. The zero-order chi connectivity index (χ0) is 13.5. The normalized spacial score (nSPS) is 10.7. The molecular weight excluding hydrogens is 254 g/mol. The standard InChI is InChI=1S/C13H20ClNO3/c1-9-10(2)18-11(3)12(9)13(16)15-6-4-7-17-8-5-14/h4-8H2,1-3H3,(H,15,16). The van der Waals surface area contributed by atoms with E-state index >= 15 is 0 Å². The Morgan fingerprint density at radius 3 is 2.56 bits per heavy atom. The summed E-state index contributed by atoms with van der Waals surface area (Å²) in [6.45, 7) is 7.30. The topological polar surface area (TPSA) is 51.5 Å². The van der Waals surface area contributed by atoms with Gasteiger partial charge in [0.25, 0.3) is 5.91 Å². The molecule has 0 spiro atoms. The molecule has 0 unspecified atom stereocenters. The lowest BCUT2D eigenvalue weighted by Gasteiger charge is -2.05. The second-order valence-electron chi connectivity index (χ2n) is 4.13. The second-order valence-corrected chi connectivity index (χ2v) is 4.50. The lowest BCUT2D eigenvalue weighted by Crippen LogP contribution is -2.26. The van der Waals surface area contributed by atoms with Gasteiger partial charge in [-0.3, -0.25) is 4.79 Å². The third kappa shape index (κ3) is 4.03. The highest BCUT2D eigenvalue weighted by molar-refractivity contribution is 6.17. The monoisotopic (exact) mass is 273 g/mol. The van der Waals surface area contributed by atoms with Crippen molar-refractivity contribution in [2.45, 2.75) is 27.2 Å². The molecule has 0 saturated carbocycles. The van der Waals surface area contributed by atoms with Crippen molar-refractivity contribution in [3.8, 4) is 0 Å². The predicted octanol–water partition coefficient (Wildman–Crippen LogP) is 2.58. The van der Waals surface area contributed by atoms with E-state index in [1.807, 2.05) is 13.8 Å². The van der Waals surface area contributed by atoms with Crippen LogP contribution in [0.4, 0.5) is 0 Å². The van der Waals surface area contributed by atoms with Crippen LogP contribution in [0.15, 0.2) is 4.42 Å². The zero-order valence-electron chi connectivity index (χ0n) is 11.1. The third-order valence-corrected chi connectivity index (χ3v) is 2.92. The molecule has 0 aliphatic rings. The molecule has 0 radical (unpaired) electrons. The summed E-state index contributed by atoms with van der Waals surface area (Å²) in [5.74, 6) is 1.88. The molecule has 1 N–H and O–H groups in total. The summed E-state index contributed by atoms with van der Waals surface area (Å²) >= 11 is 5.48. The molecule has 0 fully saturated rings. The predicted molar refractivity (Wildman–Crippen MR) is 71.4 cm³/mol. The molecular formula is C13H20ClNO3. The van der Waals surface area contributed by atoms with Gasteiger partial charge in [-0.15, -0.1) is 11.6 Å². The summed E-state index contributed by atoms with van der Waals surface area (Å²) in [4.78, 5) is 12.0. The van der Waals surface area contributed by atoms with E-state index in [1.54, 1.807) is 6.92 Å². The van der Waals surface area contributed by atoms with Crippen molar-refractivity contribution in [1.82, 2.24) is 5.32 Å². The average Bonchev–Trinajstić information content (AvgIpc) is 2.58. The number of hydrogen-bond donors (Lipinski definition) is 1. The number of amides is 1. The zero-order valence-corrected chi connectivity index (χ0v) is 11.9. The van der Waals surface area contributed by atoms with Crippen LogP contribution in [0.5, 0.6) is 0 Å². The van der Waals surface area contributed by atoms with Crippen LogP contribution < -0.4 is 5.32 Å². The molecule has 1 aromatic heterocycles. The molecule has 0 aliphatic carbocycles. The van der Waals surface area contributed by atoms with Crippen LogP contribution in [0.25, 0.3) is 0 Å². The van der Waals surface area contributed by atoms with Gasteiger partial charge in [0.05, 0.1) is 12.2 Å². The minimum absolute atomic E-state index is 0.0841. The smallest absolute Gasteiger partial charge is 0.255 e. The fourth-order valence-electron chi connectivity index (χ4n) is 1.75. The van der Waals surface area contributed by atoms with Gasteiger partial charge < -0.3 is 14.5 Å². The first-order valence-corrected chi connectivity index (χ1v) is 6.60. The highest BCUT2D eigenvalue weighted by Crippen LogP contribution is 2.20. The number of halogens is 1. The van der Waals surface area contributed by atoms with Crippen LogP contribution in [0, 0.1) is 20.8 Å². The maximum absolute atomic E-state index is 12.0. The van der Waals surface area contributed by atoms with Crippen LogP contribution in [-0.2, 0) is 4.74 Å². The summed E-state index contributed by atoms with van der Waals surface area (Å²) in [5, 5.41) is 2.86. The van der Waals surface area contributed by atoms with Crippen LogP contribution in [0.2, 0.25) is 0 Å². The number of nitrogens with one attached hydrogen (secondary N) is 1. The van der Waals surface area contributed by atoms with Crippen LogP contribution in [0.1, 0.15) is 33.9 Å². The van der Waals surface area contributed by atoms with E-state index in [2.05, 4.69) is 5.32 Å². The molecule has 0 atom stereocenters. The average molecular weight is 274 g/mol. The van der Waals surface area contributed by atoms with Crippen molar-refractivity contribution < 1.29 is 13.9 Å². The molecule has 1 rings (SSSR count). The number of carbonyl (C=O) groups excluding carboxylic acids is 1. The lowest BCUT2D eigenvalue weighted by molar-refractivity contribution is 0.0942.